The van der Waals surface area contributed by atoms with Crippen LogP contribution in [0, 0.1) is 0 Å². The van der Waals surface area contributed by atoms with E-state index in [0.717, 1.165) is 43.0 Å². The maximum absolute atomic E-state index is 5.90. The summed E-state index contributed by atoms with van der Waals surface area (Å²) in [6, 6.07) is 7.75. The molecule has 0 unspecified atom stereocenters. The van der Waals surface area contributed by atoms with Gasteiger partial charge in [0.1, 0.15) is 5.82 Å². The Morgan fingerprint density at radius 2 is 2.12 bits per heavy atom. The molecule has 0 amide bonds. The largest absolute Gasteiger partial charge is 0.328 e. The number of aromatic nitrogens is 5. The number of rotatable bonds is 4. The molecule has 8 heteroatoms. The first-order chi connectivity index (χ1) is 11.7. The molecule has 4 rings (SSSR count). The van der Waals surface area contributed by atoms with Crippen molar-refractivity contribution in [2.45, 2.75) is 38.8 Å². The molecule has 1 aliphatic rings. The molecule has 0 spiro atoms. The molecule has 0 radical (unpaired) electrons. The highest BCUT2D eigenvalue weighted by Crippen LogP contribution is 2.28. The average Bonchev–Trinajstić information content (AvgIpc) is 3.22. The maximum Gasteiger partial charge on any atom is 0.322 e. The molecule has 3 heterocycles. The number of fused-ring (bicyclic) bond motifs is 1. The number of benzene rings is 1. The first kappa shape index (κ1) is 15.1. The van der Waals surface area contributed by atoms with Crippen molar-refractivity contribution in [3.63, 3.8) is 0 Å². The highest BCUT2D eigenvalue weighted by atomic mass is 35.5. The minimum atomic E-state index is 0.0325. The Morgan fingerprint density at radius 1 is 1.29 bits per heavy atom. The summed E-state index contributed by atoms with van der Waals surface area (Å²) in [5, 5.41) is 12.5. The van der Waals surface area contributed by atoms with E-state index < -0.39 is 0 Å². The Hall–Kier alpha value is -2.41. The monoisotopic (exact) mass is 344 g/mol. The zero-order valence-electron chi connectivity index (χ0n) is 13.2. The number of nitrogens with zero attached hydrogens (tertiary/aromatic N) is 5. The lowest BCUT2D eigenvalue weighted by atomic mass is 10.1. The third kappa shape index (κ3) is 2.87. The second kappa shape index (κ2) is 6.24. The molecule has 0 saturated carbocycles. The van der Waals surface area contributed by atoms with Crippen molar-refractivity contribution in [1.29, 1.82) is 0 Å². The molecular weight excluding hydrogens is 328 g/mol. The molecule has 24 heavy (non-hydrogen) atoms. The van der Waals surface area contributed by atoms with Crippen LogP contribution in [-0.4, -0.2) is 24.9 Å². The summed E-state index contributed by atoms with van der Waals surface area (Å²) in [5.41, 5.74) is 0.858. The van der Waals surface area contributed by atoms with Crippen molar-refractivity contribution < 1.29 is 4.52 Å². The van der Waals surface area contributed by atoms with E-state index in [-0.39, 0.29) is 6.04 Å². The van der Waals surface area contributed by atoms with E-state index in [0.29, 0.717) is 16.9 Å². The molecule has 1 aromatic carbocycles. The maximum atomic E-state index is 5.90. The molecule has 1 N–H and O–H groups in total. The van der Waals surface area contributed by atoms with Crippen molar-refractivity contribution in [2.24, 2.45) is 0 Å². The first-order valence-corrected chi connectivity index (χ1v) is 8.40. The Kier molecular flexibility index (Phi) is 3.93. The molecule has 1 atom stereocenters. The van der Waals surface area contributed by atoms with E-state index in [1.807, 2.05) is 16.8 Å². The molecule has 2 aromatic heterocycles. The summed E-state index contributed by atoms with van der Waals surface area (Å²) in [5.74, 6) is 2.33. The molecule has 0 aliphatic carbocycles. The van der Waals surface area contributed by atoms with Gasteiger partial charge in [-0.05, 0) is 37.1 Å². The summed E-state index contributed by atoms with van der Waals surface area (Å²) < 4.78 is 7.31. The van der Waals surface area contributed by atoms with E-state index in [4.69, 9.17) is 16.1 Å². The molecule has 124 valence electrons. The third-order valence-electron chi connectivity index (χ3n) is 4.06. The predicted molar refractivity (Wildman–Crippen MR) is 89.7 cm³/mol. The average molecular weight is 345 g/mol. The molecule has 0 saturated heterocycles. The van der Waals surface area contributed by atoms with Crippen LogP contribution in [0.1, 0.15) is 37.5 Å². The van der Waals surface area contributed by atoms with Gasteiger partial charge in [0.05, 0.1) is 6.04 Å². The molecular formula is C16H17ClN6O. The lowest BCUT2D eigenvalue weighted by Gasteiger charge is -2.21. The van der Waals surface area contributed by atoms with E-state index in [9.17, 15) is 0 Å². The number of aryl methyl sites for hydroxylation is 2. The van der Waals surface area contributed by atoms with E-state index in [1.165, 1.54) is 0 Å². The van der Waals surface area contributed by atoms with Gasteiger partial charge >= 0.3 is 6.01 Å². The Bertz CT molecular complexity index is 841. The highest BCUT2D eigenvalue weighted by Gasteiger charge is 2.25. The standard InChI is InChI=1S/C16H17ClN6O/c1-2-13-19-15-12(4-3-9-23(15)21-13)18-16-20-14(22-24-16)10-5-7-11(17)8-6-10/h5-8,12H,2-4,9H2,1H3,(H,18,20,22)/t12-/m1/s1. The number of hydrogen-bond donors (Lipinski definition) is 1. The quantitative estimate of drug-likeness (QED) is 0.780. The van der Waals surface area contributed by atoms with Gasteiger partial charge < -0.3 is 9.84 Å². The molecule has 3 aromatic rings. The van der Waals surface area contributed by atoms with Crippen molar-refractivity contribution in [1.82, 2.24) is 24.9 Å². The lowest BCUT2D eigenvalue weighted by molar-refractivity contribution is 0.402. The Balaban J connectivity index is 1.55. The van der Waals surface area contributed by atoms with Crippen molar-refractivity contribution in [3.05, 3.63) is 40.9 Å². The van der Waals surface area contributed by atoms with Gasteiger partial charge in [0, 0.05) is 23.6 Å². The summed E-state index contributed by atoms with van der Waals surface area (Å²) in [4.78, 5) is 9.02. The fourth-order valence-corrected chi connectivity index (χ4v) is 2.96. The van der Waals surface area contributed by atoms with Gasteiger partial charge in [0.25, 0.3) is 0 Å². The fraction of sp³-hybridized carbons (Fsp3) is 0.375. The van der Waals surface area contributed by atoms with Crippen molar-refractivity contribution in [2.75, 3.05) is 5.32 Å². The van der Waals surface area contributed by atoms with E-state index >= 15 is 0 Å². The highest BCUT2D eigenvalue weighted by molar-refractivity contribution is 6.30. The zero-order chi connectivity index (χ0) is 16.5. The summed E-state index contributed by atoms with van der Waals surface area (Å²) >= 11 is 5.90. The van der Waals surface area contributed by atoms with Gasteiger partial charge in [0.2, 0.25) is 5.82 Å². The summed E-state index contributed by atoms with van der Waals surface area (Å²) in [6.07, 6.45) is 2.82. The van der Waals surface area contributed by atoms with Gasteiger partial charge in [-0.25, -0.2) is 9.67 Å². The molecule has 1 aliphatic heterocycles. The predicted octanol–water partition coefficient (Wildman–Crippen LogP) is 3.49. The molecule has 0 fully saturated rings. The van der Waals surface area contributed by atoms with Crippen LogP contribution in [0.15, 0.2) is 28.8 Å². The van der Waals surface area contributed by atoms with Crippen LogP contribution in [-0.2, 0) is 13.0 Å². The van der Waals surface area contributed by atoms with Crippen LogP contribution in [0.3, 0.4) is 0 Å². The molecule has 7 nitrogen and oxygen atoms in total. The van der Waals surface area contributed by atoms with Crippen LogP contribution in [0.2, 0.25) is 5.02 Å². The van der Waals surface area contributed by atoms with Crippen LogP contribution in [0.25, 0.3) is 11.4 Å². The number of anilines is 1. The second-order valence-electron chi connectivity index (χ2n) is 5.73. The molecule has 0 bridgehead atoms. The topological polar surface area (TPSA) is 81.7 Å². The van der Waals surface area contributed by atoms with Crippen LogP contribution in [0.4, 0.5) is 6.01 Å². The van der Waals surface area contributed by atoms with Gasteiger partial charge in [0.15, 0.2) is 5.82 Å². The van der Waals surface area contributed by atoms with Crippen molar-refractivity contribution in [3.8, 4) is 11.4 Å². The minimum absolute atomic E-state index is 0.0325. The fourth-order valence-electron chi connectivity index (χ4n) is 2.83. The second-order valence-corrected chi connectivity index (χ2v) is 6.17. The van der Waals surface area contributed by atoms with Crippen molar-refractivity contribution >= 4 is 17.6 Å². The Labute approximate surface area is 144 Å². The van der Waals surface area contributed by atoms with Crippen LogP contribution < -0.4 is 5.32 Å². The number of nitrogens with one attached hydrogen (secondary N) is 1. The van der Waals surface area contributed by atoms with Gasteiger partial charge in [-0.1, -0.05) is 23.7 Å². The number of halogens is 1. The van der Waals surface area contributed by atoms with Crippen LogP contribution in [0.5, 0.6) is 0 Å². The number of hydrogen-bond acceptors (Lipinski definition) is 6. The minimum Gasteiger partial charge on any atom is -0.328 e. The summed E-state index contributed by atoms with van der Waals surface area (Å²) in [6.45, 7) is 2.96. The SMILES string of the molecule is CCc1nc2n(n1)CCC[C@H]2Nc1nc(-c2ccc(Cl)cc2)no1. The van der Waals surface area contributed by atoms with E-state index in [1.54, 1.807) is 12.1 Å². The van der Waals surface area contributed by atoms with E-state index in [2.05, 4.69) is 32.5 Å². The van der Waals surface area contributed by atoms with Gasteiger partial charge in [-0.3, -0.25) is 0 Å². The summed E-state index contributed by atoms with van der Waals surface area (Å²) in [7, 11) is 0. The first-order valence-electron chi connectivity index (χ1n) is 8.02. The van der Waals surface area contributed by atoms with Gasteiger partial charge in [-0.15, -0.1) is 0 Å². The smallest absolute Gasteiger partial charge is 0.322 e. The third-order valence-corrected chi connectivity index (χ3v) is 4.31. The zero-order valence-corrected chi connectivity index (χ0v) is 14.0. The lowest BCUT2D eigenvalue weighted by Crippen LogP contribution is -2.22. The Morgan fingerprint density at radius 3 is 2.92 bits per heavy atom. The normalized spacial score (nSPS) is 16.8. The van der Waals surface area contributed by atoms with Crippen LogP contribution >= 0.6 is 11.6 Å². The van der Waals surface area contributed by atoms with Gasteiger partial charge in [-0.2, -0.15) is 10.1 Å².